The molecule has 1 aliphatic heterocycles. The van der Waals surface area contributed by atoms with E-state index in [-0.39, 0.29) is 5.91 Å². The zero-order valence-electron chi connectivity index (χ0n) is 7.61. The monoisotopic (exact) mass is 177 g/mol. The molecule has 1 aliphatic rings. The Balaban J connectivity index is 2.68. The Labute approximate surface area is 76.6 Å². The summed E-state index contributed by atoms with van der Waals surface area (Å²) in [6, 6.07) is 7.27. The van der Waals surface area contributed by atoms with Gasteiger partial charge in [-0.2, -0.15) is 0 Å². The van der Waals surface area contributed by atoms with Crippen molar-refractivity contribution < 1.29 is 9.90 Å². The van der Waals surface area contributed by atoms with Crippen molar-refractivity contribution in [3.05, 3.63) is 29.8 Å². The van der Waals surface area contributed by atoms with Gasteiger partial charge >= 0.3 is 0 Å². The standard InChI is InChI=1S/C10H11NO2/c1-10(13)7-5-3-4-6-8(7)11(2)9(10)12/h3-6,13H,1-2H3/t10-/m0/s1. The number of carbonyl (C=O) groups is 1. The first-order valence-electron chi connectivity index (χ1n) is 4.15. The highest BCUT2D eigenvalue weighted by molar-refractivity contribution is 6.06. The van der Waals surface area contributed by atoms with Gasteiger partial charge in [-0.15, -0.1) is 0 Å². The minimum atomic E-state index is -1.36. The van der Waals surface area contributed by atoms with E-state index in [1.807, 2.05) is 18.2 Å². The van der Waals surface area contributed by atoms with E-state index in [4.69, 9.17) is 0 Å². The molecule has 0 bridgehead atoms. The van der Waals surface area contributed by atoms with Crippen LogP contribution in [0.15, 0.2) is 24.3 Å². The summed E-state index contributed by atoms with van der Waals surface area (Å²) in [4.78, 5) is 13.0. The highest BCUT2D eigenvalue weighted by Gasteiger charge is 2.43. The molecule has 0 aliphatic carbocycles. The second-order valence-electron chi connectivity index (χ2n) is 3.45. The van der Waals surface area contributed by atoms with Crippen LogP contribution in [0.3, 0.4) is 0 Å². The van der Waals surface area contributed by atoms with Crippen molar-refractivity contribution in [2.75, 3.05) is 11.9 Å². The van der Waals surface area contributed by atoms with Crippen LogP contribution in [0.5, 0.6) is 0 Å². The Morgan fingerprint density at radius 1 is 1.38 bits per heavy atom. The molecule has 1 aromatic carbocycles. The Morgan fingerprint density at radius 3 is 2.62 bits per heavy atom. The van der Waals surface area contributed by atoms with Crippen molar-refractivity contribution in [2.45, 2.75) is 12.5 Å². The van der Waals surface area contributed by atoms with Gasteiger partial charge in [-0.25, -0.2) is 0 Å². The predicted octanol–water partition coefficient (Wildman–Crippen LogP) is 0.871. The fraction of sp³-hybridized carbons (Fsp3) is 0.300. The van der Waals surface area contributed by atoms with Gasteiger partial charge in [0.05, 0.1) is 0 Å². The largest absolute Gasteiger partial charge is 0.375 e. The molecule has 2 rings (SSSR count). The first kappa shape index (κ1) is 8.26. The van der Waals surface area contributed by atoms with E-state index in [1.165, 1.54) is 11.8 Å². The van der Waals surface area contributed by atoms with Crippen LogP contribution in [0.4, 0.5) is 5.69 Å². The summed E-state index contributed by atoms with van der Waals surface area (Å²) in [5.74, 6) is -0.270. The van der Waals surface area contributed by atoms with Gasteiger partial charge in [-0.3, -0.25) is 4.79 Å². The normalized spacial score (nSPS) is 26.4. The molecule has 68 valence electrons. The average molecular weight is 177 g/mol. The molecule has 1 N–H and O–H groups in total. The maximum atomic E-state index is 11.6. The number of para-hydroxylation sites is 1. The van der Waals surface area contributed by atoms with Crippen LogP contribution >= 0.6 is 0 Å². The number of fused-ring (bicyclic) bond motifs is 1. The molecule has 13 heavy (non-hydrogen) atoms. The third-order valence-electron chi connectivity index (χ3n) is 2.51. The van der Waals surface area contributed by atoms with Crippen molar-refractivity contribution in [3.63, 3.8) is 0 Å². The number of amides is 1. The molecule has 1 aromatic rings. The number of rotatable bonds is 0. The first-order valence-corrected chi connectivity index (χ1v) is 4.15. The van der Waals surface area contributed by atoms with Crippen molar-refractivity contribution in [2.24, 2.45) is 0 Å². The first-order chi connectivity index (χ1) is 6.05. The molecule has 3 heteroatoms. The zero-order valence-corrected chi connectivity index (χ0v) is 7.61. The summed E-state index contributed by atoms with van der Waals surface area (Å²) in [5.41, 5.74) is 0.116. The summed E-state index contributed by atoms with van der Waals surface area (Å²) in [6.07, 6.45) is 0. The Hall–Kier alpha value is -1.35. The molecule has 0 aromatic heterocycles. The number of carbonyl (C=O) groups excluding carboxylic acids is 1. The van der Waals surface area contributed by atoms with E-state index in [1.54, 1.807) is 13.1 Å². The molecule has 0 saturated heterocycles. The molecule has 1 atom stereocenters. The number of hydrogen-bond acceptors (Lipinski definition) is 2. The summed E-state index contributed by atoms with van der Waals surface area (Å²) < 4.78 is 0. The third kappa shape index (κ3) is 0.906. The van der Waals surface area contributed by atoms with E-state index >= 15 is 0 Å². The maximum Gasteiger partial charge on any atom is 0.263 e. The molecule has 1 heterocycles. The summed E-state index contributed by atoms with van der Waals surface area (Å²) in [7, 11) is 1.67. The number of hydrogen-bond donors (Lipinski definition) is 1. The molecule has 0 spiro atoms. The Bertz CT molecular complexity index is 371. The van der Waals surface area contributed by atoms with Crippen molar-refractivity contribution >= 4 is 11.6 Å². The van der Waals surface area contributed by atoms with Crippen molar-refractivity contribution in [3.8, 4) is 0 Å². The lowest BCUT2D eigenvalue weighted by Gasteiger charge is -2.14. The van der Waals surface area contributed by atoms with Gasteiger partial charge in [0, 0.05) is 18.3 Å². The van der Waals surface area contributed by atoms with E-state index in [0.29, 0.717) is 5.56 Å². The van der Waals surface area contributed by atoms with Gasteiger partial charge in [0.1, 0.15) is 0 Å². The van der Waals surface area contributed by atoms with Gasteiger partial charge < -0.3 is 10.0 Å². The predicted molar refractivity (Wildman–Crippen MR) is 49.4 cm³/mol. The van der Waals surface area contributed by atoms with E-state index < -0.39 is 5.60 Å². The number of anilines is 1. The molecular weight excluding hydrogens is 166 g/mol. The van der Waals surface area contributed by atoms with E-state index in [0.717, 1.165) is 5.69 Å². The SMILES string of the molecule is CN1C(=O)[C@@](C)(O)c2ccccc21. The Kier molecular flexibility index (Phi) is 1.48. The number of likely N-dealkylation sites (N-methyl/N-ethyl adjacent to an activating group) is 1. The van der Waals surface area contributed by atoms with E-state index in [9.17, 15) is 9.90 Å². The zero-order chi connectivity index (χ0) is 9.64. The van der Waals surface area contributed by atoms with Gasteiger partial charge in [-0.05, 0) is 13.0 Å². The fourth-order valence-electron chi connectivity index (χ4n) is 1.73. The topological polar surface area (TPSA) is 40.5 Å². The van der Waals surface area contributed by atoms with Crippen LogP contribution in [-0.4, -0.2) is 18.1 Å². The molecule has 0 fully saturated rings. The van der Waals surface area contributed by atoms with Crippen LogP contribution in [0, 0.1) is 0 Å². The number of nitrogens with zero attached hydrogens (tertiary/aromatic N) is 1. The van der Waals surface area contributed by atoms with Crippen molar-refractivity contribution in [1.82, 2.24) is 0 Å². The lowest BCUT2D eigenvalue weighted by Crippen LogP contribution is -2.35. The molecular formula is C10H11NO2. The summed E-state index contributed by atoms with van der Waals surface area (Å²) in [6.45, 7) is 1.53. The van der Waals surface area contributed by atoms with Gasteiger partial charge in [0.2, 0.25) is 0 Å². The fourth-order valence-corrected chi connectivity index (χ4v) is 1.73. The van der Waals surface area contributed by atoms with Gasteiger partial charge in [0.15, 0.2) is 5.60 Å². The second kappa shape index (κ2) is 2.33. The molecule has 0 radical (unpaired) electrons. The highest BCUT2D eigenvalue weighted by Crippen LogP contribution is 2.38. The van der Waals surface area contributed by atoms with Crippen LogP contribution in [0.2, 0.25) is 0 Å². The number of benzene rings is 1. The van der Waals surface area contributed by atoms with Crippen LogP contribution < -0.4 is 4.90 Å². The highest BCUT2D eigenvalue weighted by atomic mass is 16.3. The minimum absolute atomic E-state index is 0.270. The quantitative estimate of drug-likeness (QED) is 0.638. The number of aliphatic hydroxyl groups is 1. The maximum absolute atomic E-state index is 11.6. The second-order valence-corrected chi connectivity index (χ2v) is 3.45. The van der Waals surface area contributed by atoms with Crippen LogP contribution in [0.1, 0.15) is 12.5 Å². The molecule has 0 saturated carbocycles. The lowest BCUT2D eigenvalue weighted by molar-refractivity contribution is -0.133. The molecule has 0 unspecified atom stereocenters. The van der Waals surface area contributed by atoms with E-state index in [2.05, 4.69) is 0 Å². The van der Waals surface area contributed by atoms with Crippen LogP contribution in [-0.2, 0) is 10.4 Å². The van der Waals surface area contributed by atoms with Crippen molar-refractivity contribution in [1.29, 1.82) is 0 Å². The van der Waals surface area contributed by atoms with Gasteiger partial charge in [0.25, 0.3) is 5.91 Å². The van der Waals surface area contributed by atoms with Gasteiger partial charge in [-0.1, -0.05) is 18.2 Å². The minimum Gasteiger partial charge on any atom is -0.375 e. The lowest BCUT2D eigenvalue weighted by atomic mass is 9.98. The average Bonchev–Trinajstić information content (AvgIpc) is 2.30. The third-order valence-corrected chi connectivity index (χ3v) is 2.51. The molecule has 1 amide bonds. The van der Waals surface area contributed by atoms with Crippen LogP contribution in [0.25, 0.3) is 0 Å². The summed E-state index contributed by atoms with van der Waals surface area (Å²) >= 11 is 0. The summed E-state index contributed by atoms with van der Waals surface area (Å²) in [5, 5.41) is 9.89. The smallest absolute Gasteiger partial charge is 0.263 e. The molecule has 3 nitrogen and oxygen atoms in total. The Morgan fingerprint density at radius 2 is 2.00 bits per heavy atom.